The molecule has 0 fully saturated rings. The van der Waals surface area contributed by atoms with Crippen LogP contribution < -0.4 is 5.32 Å². The highest BCUT2D eigenvalue weighted by Crippen LogP contribution is 2.17. The minimum absolute atomic E-state index is 0.134. The summed E-state index contributed by atoms with van der Waals surface area (Å²) < 4.78 is 0. The maximum Gasteiger partial charge on any atom is 0.305 e. The van der Waals surface area contributed by atoms with Crippen LogP contribution in [-0.2, 0) is 4.79 Å². The number of amides is 1. The van der Waals surface area contributed by atoms with Crippen LogP contribution in [0, 0.1) is 6.92 Å². The number of carboxylic acids is 1. The van der Waals surface area contributed by atoms with Crippen LogP contribution in [0.15, 0.2) is 18.2 Å². The first-order valence-corrected chi connectivity index (χ1v) is 5.89. The molecule has 5 heteroatoms. The Balaban J connectivity index is 2.85. The van der Waals surface area contributed by atoms with Gasteiger partial charge >= 0.3 is 5.97 Å². The predicted molar refractivity (Wildman–Crippen MR) is 70.0 cm³/mol. The fourth-order valence-electron chi connectivity index (χ4n) is 1.68. The lowest BCUT2D eigenvalue weighted by molar-refractivity contribution is -0.138. The molecule has 18 heavy (non-hydrogen) atoms. The molecule has 0 heterocycles. The van der Waals surface area contributed by atoms with E-state index in [2.05, 4.69) is 5.32 Å². The normalized spacial score (nSPS) is 11.1. The van der Waals surface area contributed by atoms with Crippen LogP contribution in [0.25, 0.3) is 0 Å². The average molecular weight is 270 g/mol. The van der Waals surface area contributed by atoms with E-state index in [-0.39, 0.29) is 12.3 Å². The lowest BCUT2D eigenvalue weighted by Gasteiger charge is -2.24. The van der Waals surface area contributed by atoms with Crippen molar-refractivity contribution in [2.75, 3.05) is 0 Å². The van der Waals surface area contributed by atoms with E-state index < -0.39 is 11.5 Å². The zero-order valence-electron chi connectivity index (χ0n) is 10.6. The van der Waals surface area contributed by atoms with E-state index in [0.29, 0.717) is 10.6 Å². The third-order valence-corrected chi connectivity index (χ3v) is 2.71. The summed E-state index contributed by atoms with van der Waals surface area (Å²) >= 11 is 5.81. The molecule has 0 saturated carbocycles. The number of halogens is 1. The van der Waals surface area contributed by atoms with E-state index in [4.69, 9.17) is 16.7 Å². The smallest absolute Gasteiger partial charge is 0.305 e. The van der Waals surface area contributed by atoms with Gasteiger partial charge in [0.15, 0.2) is 0 Å². The van der Waals surface area contributed by atoms with Crippen molar-refractivity contribution in [1.29, 1.82) is 0 Å². The second-order valence-electron chi connectivity index (χ2n) is 4.87. The van der Waals surface area contributed by atoms with Gasteiger partial charge in [0, 0.05) is 16.1 Å². The van der Waals surface area contributed by atoms with Gasteiger partial charge in [-0.05, 0) is 44.5 Å². The summed E-state index contributed by atoms with van der Waals surface area (Å²) in [6, 6.07) is 4.96. The first kappa shape index (κ1) is 14.5. The Labute approximate surface area is 111 Å². The number of hydrogen-bond acceptors (Lipinski definition) is 2. The molecule has 4 nitrogen and oxygen atoms in total. The van der Waals surface area contributed by atoms with E-state index in [1.54, 1.807) is 39.0 Å². The van der Waals surface area contributed by atoms with Gasteiger partial charge in [-0.3, -0.25) is 9.59 Å². The maximum absolute atomic E-state index is 12.0. The minimum atomic E-state index is -0.951. The largest absolute Gasteiger partial charge is 0.481 e. The van der Waals surface area contributed by atoms with Gasteiger partial charge in [0.25, 0.3) is 5.91 Å². The summed E-state index contributed by atoms with van der Waals surface area (Å²) in [4.78, 5) is 22.7. The zero-order chi connectivity index (χ0) is 13.9. The number of benzene rings is 1. The Bertz CT molecular complexity index is 483. The van der Waals surface area contributed by atoms with Gasteiger partial charge < -0.3 is 10.4 Å². The molecule has 1 rings (SSSR count). The second-order valence-corrected chi connectivity index (χ2v) is 5.30. The Hall–Kier alpha value is -1.55. The van der Waals surface area contributed by atoms with E-state index in [1.165, 1.54) is 0 Å². The Morgan fingerprint density at radius 2 is 2.00 bits per heavy atom. The fourth-order valence-corrected chi connectivity index (χ4v) is 1.91. The molecule has 0 aliphatic carbocycles. The SMILES string of the molecule is Cc1cc(Cl)ccc1C(=O)NC(C)(C)CC(=O)O. The van der Waals surface area contributed by atoms with Crippen LogP contribution in [0.1, 0.15) is 36.2 Å². The summed E-state index contributed by atoms with van der Waals surface area (Å²) in [5.41, 5.74) is 0.457. The van der Waals surface area contributed by atoms with Crippen molar-refractivity contribution in [3.63, 3.8) is 0 Å². The van der Waals surface area contributed by atoms with Crippen LogP contribution in [0.3, 0.4) is 0 Å². The third-order valence-electron chi connectivity index (χ3n) is 2.48. The highest BCUT2D eigenvalue weighted by molar-refractivity contribution is 6.30. The molecule has 98 valence electrons. The first-order valence-electron chi connectivity index (χ1n) is 5.52. The van der Waals surface area contributed by atoms with Crippen LogP contribution in [0.4, 0.5) is 0 Å². The molecule has 1 aromatic carbocycles. The average Bonchev–Trinajstić information content (AvgIpc) is 2.13. The maximum atomic E-state index is 12.0. The van der Waals surface area contributed by atoms with Gasteiger partial charge in [0.1, 0.15) is 0 Å². The number of carbonyl (C=O) groups excluding carboxylic acids is 1. The molecule has 0 radical (unpaired) electrons. The molecule has 1 amide bonds. The van der Waals surface area contributed by atoms with Crippen molar-refractivity contribution in [2.24, 2.45) is 0 Å². The molecule has 0 aromatic heterocycles. The summed E-state index contributed by atoms with van der Waals surface area (Å²) in [7, 11) is 0. The third kappa shape index (κ3) is 4.04. The molecule has 2 N–H and O–H groups in total. The van der Waals surface area contributed by atoms with Crippen molar-refractivity contribution in [3.8, 4) is 0 Å². The Morgan fingerprint density at radius 1 is 1.39 bits per heavy atom. The van der Waals surface area contributed by atoms with Gasteiger partial charge in [0.2, 0.25) is 0 Å². The van der Waals surface area contributed by atoms with Crippen LogP contribution in [0.2, 0.25) is 5.02 Å². The first-order chi connectivity index (χ1) is 8.21. The molecular weight excluding hydrogens is 254 g/mol. The monoisotopic (exact) mass is 269 g/mol. The van der Waals surface area contributed by atoms with E-state index >= 15 is 0 Å². The van der Waals surface area contributed by atoms with Crippen molar-refractivity contribution < 1.29 is 14.7 Å². The van der Waals surface area contributed by atoms with Gasteiger partial charge in [0.05, 0.1) is 6.42 Å². The predicted octanol–water partition coefficient (Wildman–Crippen LogP) is 2.63. The van der Waals surface area contributed by atoms with Crippen LogP contribution in [-0.4, -0.2) is 22.5 Å². The standard InChI is InChI=1S/C13H16ClNO3/c1-8-6-9(14)4-5-10(8)12(18)15-13(2,3)7-11(16)17/h4-6H,7H2,1-3H3,(H,15,18)(H,16,17). The van der Waals surface area contributed by atoms with Crippen molar-refractivity contribution in [1.82, 2.24) is 5.32 Å². The van der Waals surface area contributed by atoms with E-state index in [1.807, 2.05) is 0 Å². The van der Waals surface area contributed by atoms with Crippen molar-refractivity contribution in [2.45, 2.75) is 32.7 Å². The van der Waals surface area contributed by atoms with Gasteiger partial charge in [-0.15, -0.1) is 0 Å². The number of aryl methyl sites for hydroxylation is 1. The van der Waals surface area contributed by atoms with Crippen LogP contribution >= 0.6 is 11.6 Å². The molecular formula is C13H16ClNO3. The van der Waals surface area contributed by atoms with Crippen molar-refractivity contribution >= 4 is 23.5 Å². The van der Waals surface area contributed by atoms with Crippen LogP contribution in [0.5, 0.6) is 0 Å². The highest BCUT2D eigenvalue weighted by Gasteiger charge is 2.24. The number of aliphatic carboxylic acids is 1. The quantitative estimate of drug-likeness (QED) is 0.883. The summed E-state index contributed by atoms with van der Waals surface area (Å²) in [5, 5.41) is 12.0. The molecule has 0 unspecified atom stereocenters. The zero-order valence-corrected chi connectivity index (χ0v) is 11.3. The summed E-state index contributed by atoms with van der Waals surface area (Å²) in [5.74, 6) is -1.25. The Morgan fingerprint density at radius 3 is 2.50 bits per heavy atom. The highest BCUT2D eigenvalue weighted by atomic mass is 35.5. The fraction of sp³-hybridized carbons (Fsp3) is 0.385. The molecule has 0 bridgehead atoms. The van der Waals surface area contributed by atoms with Gasteiger partial charge in [-0.2, -0.15) is 0 Å². The molecule has 0 aliphatic rings. The Kier molecular flexibility index (Phi) is 4.35. The summed E-state index contributed by atoms with van der Waals surface area (Å²) in [6.07, 6.45) is -0.134. The van der Waals surface area contributed by atoms with Gasteiger partial charge in [-0.25, -0.2) is 0 Å². The number of carbonyl (C=O) groups is 2. The number of rotatable bonds is 4. The molecule has 1 aromatic rings. The molecule has 0 atom stereocenters. The van der Waals surface area contributed by atoms with E-state index in [0.717, 1.165) is 5.56 Å². The lowest BCUT2D eigenvalue weighted by Crippen LogP contribution is -2.45. The number of carboxylic acid groups (broad SMARTS) is 1. The molecule has 0 saturated heterocycles. The topological polar surface area (TPSA) is 66.4 Å². The minimum Gasteiger partial charge on any atom is -0.481 e. The second kappa shape index (κ2) is 5.40. The summed E-state index contributed by atoms with van der Waals surface area (Å²) in [6.45, 7) is 5.12. The van der Waals surface area contributed by atoms with E-state index in [9.17, 15) is 9.59 Å². The lowest BCUT2D eigenvalue weighted by atomic mass is 9.99. The molecule has 0 aliphatic heterocycles. The number of hydrogen-bond donors (Lipinski definition) is 2. The number of nitrogens with one attached hydrogen (secondary N) is 1. The van der Waals surface area contributed by atoms with Gasteiger partial charge in [-0.1, -0.05) is 11.6 Å². The molecule has 0 spiro atoms. The van der Waals surface area contributed by atoms with Crippen molar-refractivity contribution in [3.05, 3.63) is 34.3 Å².